The van der Waals surface area contributed by atoms with Gasteiger partial charge in [-0.2, -0.15) is 0 Å². The molecule has 0 aliphatic rings. The van der Waals surface area contributed by atoms with Crippen molar-refractivity contribution in [1.29, 1.82) is 0 Å². The van der Waals surface area contributed by atoms with Gasteiger partial charge in [0.2, 0.25) is 10.0 Å². The first-order valence-electron chi connectivity index (χ1n) is 11.7. The summed E-state index contributed by atoms with van der Waals surface area (Å²) in [6.07, 6.45) is 0.305. The first-order chi connectivity index (χ1) is 17.5. The molecule has 0 bridgehead atoms. The number of thioether (sulfide) groups is 1. The van der Waals surface area contributed by atoms with Crippen LogP contribution in [0.15, 0.2) is 71.6 Å². The average molecular weight is 563 g/mol. The third-order valence-corrected chi connectivity index (χ3v) is 7.03. The summed E-state index contributed by atoms with van der Waals surface area (Å²) in [6, 6.07) is 20.1. The molecule has 3 aromatic rings. The van der Waals surface area contributed by atoms with Gasteiger partial charge in [-0.15, -0.1) is 11.8 Å². The highest BCUT2D eigenvalue weighted by atomic mass is 35.5. The maximum Gasteiger partial charge on any atom is 0.265 e. The van der Waals surface area contributed by atoms with Crippen molar-refractivity contribution in [2.24, 2.45) is 0 Å². The molecular formula is C27H31ClN2O5S2. The zero-order valence-corrected chi connectivity index (χ0v) is 23.3. The van der Waals surface area contributed by atoms with Gasteiger partial charge in [-0.25, -0.2) is 13.1 Å². The summed E-state index contributed by atoms with van der Waals surface area (Å²) < 4.78 is 30.9. The number of ether oxygens (including phenoxy) is 1. The number of rotatable bonds is 12. The van der Waals surface area contributed by atoms with Crippen molar-refractivity contribution in [3.63, 3.8) is 0 Å². The molecule has 198 valence electrons. The zero-order chi connectivity index (χ0) is 27.0. The van der Waals surface area contributed by atoms with E-state index in [0.29, 0.717) is 40.9 Å². The van der Waals surface area contributed by atoms with Gasteiger partial charge in [0, 0.05) is 28.3 Å². The van der Waals surface area contributed by atoms with Gasteiger partial charge in [-0.05, 0) is 53.1 Å². The molecule has 37 heavy (non-hydrogen) atoms. The lowest BCUT2D eigenvalue weighted by molar-refractivity contribution is 0.0979. The van der Waals surface area contributed by atoms with Crippen LogP contribution in [-0.4, -0.2) is 50.6 Å². The largest absolute Gasteiger partial charge is 0.492 e. The normalized spacial score (nSPS) is 12.4. The third-order valence-electron chi connectivity index (χ3n) is 5.17. The van der Waals surface area contributed by atoms with Gasteiger partial charge < -0.3 is 15.2 Å². The smallest absolute Gasteiger partial charge is 0.265 e. The van der Waals surface area contributed by atoms with Gasteiger partial charge in [0.15, 0.2) is 0 Å². The van der Waals surface area contributed by atoms with E-state index in [2.05, 4.69) is 5.32 Å². The third kappa shape index (κ3) is 9.36. The van der Waals surface area contributed by atoms with Crippen LogP contribution >= 0.6 is 23.4 Å². The molecule has 0 heterocycles. The van der Waals surface area contributed by atoms with E-state index in [4.69, 9.17) is 16.3 Å². The number of benzene rings is 3. The van der Waals surface area contributed by atoms with Crippen molar-refractivity contribution >= 4 is 39.3 Å². The Bertz CT molecular complexity index is 1310. The van der Waals surface area contributed by atoms with E-state index in [1.807, 2.05) is 61.0 Å². The van der Waals surface area contributed by atoms with Crippen LogP contribution in [0.1, 0.15) is 35.9 Å². The first kappa shape index (κ1) is 29.0. The fraction of sp³-hybridized carbons (Fsp3) is 0.296. The molecule has 0 fully saturated rings. The summed E-state index contributed by atoms with van der Waals surface area (Å²) in [6.45, 7) is 5.40. The van der Waals surface area contributed by atoms with E-state index >= 15 is 0 Å². The van der Waals surface area contributed by atoms with Crippen LogP contribution in [0.25, 0.3) is 11.1 Å². The van der Waals surface area contributed by atoms with Crippen molar-refractivity contribution in [3.8, 4) is 16.9 Å². The summed E-state index contributed by atoms with van der Waals surface area (Å²) in [5.74, 6) is 0.0662. The molecule has 0 unspecified atom stereocenters. The Morgan fingerprint density at radius 3 is 2.41 bits per heavy atom. The molecule has 3 aromatic carbocycles. The van der Waals surface area contributed by atoms with Crippen LogP contribution in [0.5, 0.6) is 5.75 Å². The lowest BCUT2D eigenvalue weighted by atomic mass is 10.0. The van der Waals surface area contributed by atoms with Crippen LogP contribution in [0.3, 0.4) is 0 Å². The second-order valence-corrected chi connectivity index (χ2v) is 12.5. The van der Waals surface area contributed by atoms with Gasteiger partial charge >= 0.3 is 0 Å². The molecule has 0 radical (unpaired) electrons. The fourth-order valence-electron chi connectivity index (χ4n) is 3.52. The molecule has 0 saturated heterocycles. The monoisotopic (exact) mass is 562 g/mol. The number of carbonyl (C=O) groups is 1. The number of carbonyl (C=O) groups excluding carboxylic acids is 1. The Kier molecular flexibility index (Phi) is 10.4. The van der Waals surface area contributed by atoms with E-state index in [-0.39, 0.29) is 5.25 Å². The second kappa shape index (κ2) is 13.3. The molecule has 3 rings (SSSR count). The predicted molar refractivity (Wildman–Crippen MR) is 150 cm³/mol. The minimum absolute atomic E-state index is 0.205. The van der Waals surface area contributed by atoms with Crippen molar-refractivity contribution in [2.75, 3.05) is 26.0 Å². The second-order valence-electron chi connectivity index (χ2n) is 8.73. The molecular weight excluding hydrogens is 532 g/mol. The van der Waals surface area contributed by atoms with Crippen molar-refractivity contribution in [3.05, 3.63) is 82.9 Å². The highest BCUT2D eigenvalue weighted by Gasteiger charge is 2.17. The van der Waals surface area contributed by atoms with E-state index in [0.717, 1.165) is 22.9 Å². The number of hydrogen-bond donors (Lipinski definition) is 3. The Balaban J connectivity index is 1.57. The number of halogens is 1. The average Bonchev–Trinajstić information content (AvgIpc) is 2.82. The van der Waals surface area contributed by atoms with Crippen LogP contribution in [0.4, 0.5) is 0 Å². The minimum Gasteiger partial charge on any atom is -0.492 e. The van der Waals surface area contributed by atoms with E-state index < -0.39 is 22.0 Å². The van der Waals surface area contributed by atoms with Gasteiger partial charge in [0.25, 0.3) is 5.91 Å². The quantitative estimate of drug-likeness (QED) is 0.213. The Hall–Kier alpha value is -2.56. The number of aliphatic hydroxyl groups is 1. The number of sulfonamides is 1. The summed E-state index contributed by atoms with van der Waals surface area (Å²) >= 11 is 7.47. The number of nitrogens with one attached hydrogen (secondary N) is 2. The molecule has 0 aromatic heterocycles. The van der Waals surface area contributed by atoms with Gasteiger partial charge in [-0.3, -0.25) is 4.79 Å². The maximum absolute atomic E-state index is 12.5. The highest BCUT2D eigenvalue weighted by Crippen LogP contribution is 2.32. The van der Waals surface area contributed by atoms with E-state index in [1.165, 1.54) is 11.8 Å². The van der Waals surface area contributed by atoms with E-state index in [1.54, 1.807) is 24.3 Å². The summed E-state index contributed by atoms with van der Waals surface area (Å²) in [5.41, 5.74) is 2.93. The number of amides is 1. The SMILES string of the molecule is CC(C)Sc1cc(-c2ccc(OCCNC[C@H](O)c3cccc(Cl)c3)cc2)ccc1C(=O)NS(C)(=O)=O. The molecule has 3 N–H and O–H groups in total. The topological polar surface area (TPSA) is 105 Å². The summed E-state index contributed by atoms with van der Waals surface area (Å²) in [4.78, 5) is 13.2. The molecule has 1 atom stereocenters. The summed E-state index contributed by atoms with van der Waals surface area (Å²) in [7, 11) is -3.66. The van der Waals surface area contributed by atoms with Crippen molar-refractivity contribution < 1.29 is 23.1 Å². The van der Waals surface area contributed by atoms with Crippen LogP contribution < -0.4 is 14.8 Å². The van der Waals surface area contributed by atoms with Gasteiger partial charge in [-0.1, -0.05) is 55.8 Å². The number of hydrogen-bond acceptors (Lipinski definition) is 7. The van der Waals surface area contributed by atoms with Crippen LogP contribution in [0, 0.1) is 0 Å². The molecule has 0 spiro atoms. The molecule has 7 nitrogen and oxygen atoms in total. The minimum atomic E-state index is -3.66. The maximum atomic E-state index is 12.5. The lowest BCUT2D eigenvalue weighted by Gasteiger charge is -2.14. The fourth-order valence-corrected chi connectivity index (χ4v) is 5.16. The molecule has 0 saturated carbocycles. The molecule has 1 amide bonds. The lowest BCUT2D eigenvalue weighted by Crippen LogP contribution is -2.29. The Morgan fingerprint density at radius 2 is 1.76 bits per heavy atom. The van der Waals surface area contributed by atoms with Crippen molar-refractivity contribution in [2.45, 2.75) is 30.1 Å². The van der Waals surface area contributed by atoms with Crippen LogP contribution in [-0.2, 0) is 10.0 Å². The molecule has 0 aliphatic heterocycles. The summed E-state index contributed by atoms with van der Waals surface area (Å²) in [5, 5.41) is 14.2. The molecule has 10 heteroatoms. The number of aliphatic hydroxyl groups excluding tert-OH is 1. The molecule has 0 aliphatic carbocycles. The highest BCUT2D eigenvalue weighted by molar-refractivity contribution is 8.00. The van der Waals surface area contributed by atoms with Crippen LogP contribution in [0.2, 0.25) is 5.02 Å². The van der Waals surface area contributed by atoms with Gasteiger partial charge in [0.05, 0.1) is 17.9 Å². The predicted octanol–water partition coefficient (Wildman–Crippen LogP) is 4.90. The van der Waals surface area contributed by atoms with Crippen molar-refractivity contribution in [1.82, 2.24) is 10.0 Å². The standard InChI is InChI=1S/C27H31ClN2O5S2/c1-18(2)36-26-16-20(9-12-24(26)27(32)30-37(3,33)34)19-7-10-23(11-8-19)35-14-13-29-17-25(31)21-5-4-6-22(28)15-21/h4-12,15-16,18,25,29,31H,13-14,17H2,1-3H3,(H,30,32)/t25-/m0/s1. The zero-order valence-electron chi connectivity index (χ0n) is 20.9. The first-order valence-corrected chi connectivity index (χ1v) is 14.9. The van der Waals surface area contributed by atoms with Gasteiger partial charge in [0.1, 0.15) is 12.4 Å². The Labute approximate surface area is 227 Å². The Morgan fingerprint density at radius 1 is 1.05 bits per heavy atom. The van der Waals surface area contributed by atoms with E-state index in [9.17, 15) is 18.3 Å².